The third kappa shape index (κ3) is 3.72. The number of rotatable bonds is 5. The minimum absolute atomic E-state index is 0.119. The van der Waals surface area contributed by atoms with Gasteiger partial charge in [-0.05, 0) is 6.92 Å². The Balaban J connectivity index is 2.42. The molecule has 2 aromatic rings. The molecule has 0 unspecified atom stereocenters. The van der Waals surface area contributed by atoms with Crippen LogP contribution in [-0.4, -0.2) is 37.9 Å². The van der Waals surface area contributed by atoms with Gasteiger partial charge in [0.25, 0.3) is 0 Å². The van der Waals surface area contributed by atoms with Crippen molar-refractivity contribution in [3.05, 3.63) is 42.2 Å². The molecule has 1 aromatic heterocycles. The van der Waals surface area contributed by atoms with Gasteiger partial charge in [0.15, 0.2) is 0 Å². The standard InChI is InChI=1S/C16H18N2O3/c1-4-20-16(19)15-13(17-11-18(2)3)10-14(21-15)12-8-6-5-7-9-12/h5-11H,4H2,1-3H3/b17-11+. The summed E-state index contributed by atoms with van der Waals surface area (Å²) in [4.78, 5) is 18.0. The van der Waals surface area contributed by atoms with Gasteiger partial charge in [-0.25, -0.2) is 9.79 Å². The molecule has 5 heteroatoms. The second-order valence-electron chi connectivity index (χ2n) is 4.62. The third-order valence-corrected chi connectivity index (χ3v) is 2.66. The van der Waals surface area contributed by atoms with Crippen LogP contribution in [0.1, 0.15) is 17.5 Å². The fraction of sp³-hybridized carbons (Fsp3) is 0.250. The van der Waals surface area contributed by atoms with Crippen molar-refractivity contribution in [2.75, 3.05) is 20.7 Å². The maximum Gasteiger partial charge on any atom is 0.376 e. The lowest BCUT2D eigenvalue weighted by Crippen LogP contribution is -2.07. The first-order valence-corrected chi connectivity index (χ1v) is 6.68. The van der Waals surface area contributed by atoms with Gasteiger partial charge in [-0.1, -0.05) is 30.3 Å². The zero-order valence-electron chi connectivity index (χ0n) is 12.4. The van der Waals surface area contributed by atoms with E-state index < -0.39 is 5.97 Å². The molecular formula is C16H18N2O3. The minimum atomic E-state index is -0.509. The highest BCUT2D eigenvalue weighted by Crippen LogP contribution is 2.31. The highest BCUT2D eigenvalue weighted by atomic mass is 16.5. The second-order valence-corrected chi connectivity index (χ2v) is 4.62. The van der Waals surface area contributed by atoms with Crippen molar-refractivity contribution in [1.82, 2.24) is 4.90 Å². The van der Waals surface area contributed by atoms with Crippen LogP contribution in [0.4, 0.5) is 5.69 Å². The fourth-order valence-electron chi connectivity index (χ4n) is 1.74. The fourth-order valence-corrected chi connectivity index (χ4v) is 1.74. The molecule has 0 saturated carbocycles. The molecule has 1 aromatic carbocycles. The summed E-state index contributed by atoms with van der Waals surface area (Å²) >= 11 is 0. The predicted molar refractivity (Wildman–Crippen MR) is 81.9 cm³/mol. The SMILES string of the molecule is CCOC(=O)c1oc(-c2ccccc2)cc1/N=C/N(C)C. The summed E-state index contributed by atoms with van der Waals surface area (Å²) in [5.74, 6) is 0.198. The number of esters is 1. The van der Waals surface area contributed by atoms with E-state index in [-0.39, 0.29) is 12.4 Å². The van der Waals surface area contributed by atoms with Gasteiger partial charge in [0.2, 0.25) is 5.76 Å². The maximum atomic E-state index is 12.0. The van der Waals surface area contributed by atoms with Gasteiger partial charge in [-0.3, -0.25) is 0 Å². The van der Waals surface area contributed by atoms with Crippen LogP contribution >= 0.6 is 0 Å². The highest BCUT2D eigenvalue weighted by Gasteiger charge is 2.20. The number of hydrogen-bond acceptors (Lipinski definition) is 4. The molecule has 0 aliphatic carbocycles. The van der Waals surface area contributed by atoms with E-state index in [2.05, 4.69) is 4.99 Å². The average Bonchev–Trinajstić information content (AvgIpc) is 2.90. The van der Waals surface area contributed by atoms with Crippen molar-refractivity contribution in [2.24, 2.45) is 4.99 Å². The van der Waals surface area contributed by atoms with Crippen LogP contribution in [0.25, 0.3) is 11.3 Å². The summed E-state index contributed by atoms with van der Waals surface area (Å²) < 4.78 is 10.6. The molecule has 21 heavy (non-hydrogen) atoms. The lowest BCUT2D eigenvalue weighted by molar-refractivity contribution is 0.0492. The Kier molecular flexibility index (Phi) is 4.77. The van der Waals surface area contributed by atoms with Crippen molar-refractivity contribution >= 4 is 18.0 Å². The van der Waals surface area contributed by atoms with E-state index in [9.17, 15) is 4.79 Å². The largest absolute Gasteiger partial charge is 0.460 e. The topological polar surface area (TPSA) is 55.0 Å². The molecule has 0 N–H and O–H groups in total. The maximum absolute atomic E-state index is 12.0. The molecule has 5 nitrogen and oxygen atoms in total. The number of ether oxygens (including phenoxy) is 1. The second kappa shape index (κ2) is 6.74. The Labute approximate surface area is 123 Å². The van der Waals surface area contributed by atoms with Crippen LogP contribution < -0.4 is 0 Å². The Hall–Kier alpha value is -2.56. The summed E-state index contributed by atoms with van der Waals surface area (Å²) in [5.41, 5.74) is 1.34. The summed E-state index contributed by atoms with van der Waals surface area (Å²) in [6, 6.07) is 11.3. The van der Waals surface area contributed by atoms with Crippen molar-refractivity contribution in [2.45, 2.75) is 6.92 Å². The molecule has 0 aliphatic heterocycles. The van der Waals surface area contributed by atoms with Gasteiger partial charge in [0.05, 0.1) is 12.9 Å². The highest BCUT2D eigenvalue weighted by molar-refractivity contribution is 5.93. The first-order chi connectivity index (χ1) is 10.1. The van der Waals surface area contributed by atoms with Gasteiger partial charge < -0.3 is 14.1 Å². The van der Waals surface area contributed by atoms with Crippen molar-refractivity contribution in [3.8, 4) is 11.3 Å². The number of carbonyl (C=O) groups is 1. The summed E-state index contributed by atoms with van der Waals surface area (Å²) in [5, 5.41) is 0. The van der Waals surface area contributed by atoms with E-state index in [1.807, 2.05) is 44.4 Å². The molecule has 0 aliphatic rings. The summed E-state index contributed by atoms with van der Waals surface area (Å²) in [7, 11) is 3.71. The van der Waals surface area contributed by atoms with Crippen LogP contribution in [0.3, 0.4) is 0 Å². The smallest absolute Gasteiger partial charge is 0.376 e. The zero-order chi connectivity index (χ0) is 15.2. The lowest BCUT2D eigenvalue weighted by atomic mass is 10.2. The number of furan rings is 1. The number of carbonyl (C=O) groups excluding carboxylic acids is 1. The van der Waals surface area contributed by atoms with Gasteiger partial charge >= 0.3 is 5.97 Å². The van der Waals surface area contributed by atoms with E-state index in [1.54, 1.807) is 24.2 Å². The van der Waals surface area contributed by atoms with Crippen LogP contribution in [-0.2, 0) is 4.74 Å². The lowest BCUT2D eigenvalue weighted by Gasteiger charge is -2.02. The van der Waals surface area contributed by atoms with E-state index in [0.29, 0.717) is 11.4 Å². The quantitative estimate of drug-likeness (QED) is 0.480. The minimum Gasteiger partial charge on any atom is -0.460 e. The molecule has 1 heterocycles. The van der Waals surface area contributed by atoms with E-state index >= 15 is 0 Å². The number of aliphatic imine (C=N–C) groups is 1. The van der Waals surface area contributed by atoms with Gasteiger partial charge in [-0.15, -0.1) is 0 Å². The Morgan fingerprint density at radius 2 is 2.05 bits per heavy atom. The first kappa shape index (κ1) is 14.8. The first-order valence-electron chi connectivity index (χ1n) is 6.68. The molecule has 110 valence electrons. The van der Waals surface area contributed by atoms with Crippen LogP contribution in [0.5, 0.6) is 0 Å². The molecule has 0 amide bonds. The van der Waals surface area contributed by atoms with Crippen LogP contribution in [0.15, 0.2) is 45.8 Å². The van der Waals surface area contributed by atoms with Crippen molar-refractivity contribution < 1.29 is 13.9 Å². The monoisotopic (exact) mass is 286 g/mol. The van der Waals surface area contributed by atoms with Gasteiger partial charge in [0.1, 0.15) is 11.4 Å². The summed E-state index contributed by atoms with van der Waals surface area (Å²) in [6.07, 6.45) is 1.61. The Morgan fingerprint density at radius 3 is 2.67 bits per heavy atom. The Morgan fingerprint density at radius 1 is 1.33 bits per heavy atom. The van der Waals surface area contributed by atoms with Crippen LogP contribution in [0.2, 0.25) is 0 Å². The Bertz CT molecular complexity index is 630. The van der Waals surface area contributed by atoms with Gasteiger partial charge in [0, 0.05) is 25.7 Å². The van der Waals surface area contributed by atoms with Crippen molar-refractivity contribution in [3.63, 3.8) is 0 Å². The molecule has 0 radical (unpaired) electrons. The number of benzene rings is 1. The van der Waals surface area contributed by atoms with E-state index in [0.717, 1.165) is 5.56 Å². The number of hydrogen-bond donors (Lipinski definition) is 0. The molecule has 0 fully saturated rings. The van der Waals surface area contributed by atoms with Crippen molar-refractivity contribution in [1.29, 1.82) is 0 Å². The summed E-state index contributed by atoms with van der Waals surface area (Å²) in [6.45, 7) is 2.04. The molecular weight excluding hydrogens is 268 g/mol. The normalized spacial score (nSPS) is 10.8. The molecule has 0 bridgehead atoms. The molecule has 0 spiro atoms. The number of nitrogens with zero attached hydrogens (tertiary/aromatic N) is 2. The molecule has 0 saturated heterocycles. The van der Waals surface area contributed by atoms with Gasteiger partial charge in [-0.2, -0.15) is 0 Å². The molecule has 0 atom stereocenters. The average molecular weight is 286 g/mol. The predicted octanol–water partition coefficient (Wildman–Crippen LogP) is 3.34. The van der Waals surface area contributed by atoms with Crippen LogP contribution in [0, 0.1) is 0 Å². The zero-order valence-corrected chi connectivity index (χ0v) is 12.4. The third-order valence-electron chi connectivity index (χ3n) is 2.66. The molecule has 2 rings (SSSR count). The van der Waals surface area contributed by atoms with E-state index in [4.69, 9.17) is 9.15 Å². The van der Waals surface area contributed by atoms with E-state index in [1.165, 1.54) is 0 Å².